The summed E-state index contributed by atoms with van der Waals surface area (Å²) in [5, 5.41) is 15.8. The summed E-state index contributed by atoms with van der Waals surface area (Å²) in [6.07, 6.45) is 0. The molecule has 1 aliphatic rings. The molecule has 2 amide bonds. The number of hydrogen-bond acceptors (Lipinski definition) is 4. The zero-order valence-electron chi connectivity index (χ0n) is 11.0. The average Bonchev–Trinajstić information content (AvgIpc) is 2.37. The number of nitrogens with zero attached hydrogens (tertiary/aromatic N) is 1. The quantitative estimate of drug-likeness (QED) is 0.648. The van der Waals surface area contributed by atoms with E-state index in [0.29, 0.717) is 16.8 Å². The van der Waals surface area contributed by atoms with Gasteiger partial charge in [0.2, 0.25) is 0 Å². The molecule has 1 heterocycles. The Morgan fingerprint density at radius 2 is 1.90 bits per heavy atom. The Balaban J connectivity index is 2.43. The predicted octanol–water partition coefficient (Wildman–Crippen LogP) is 1.81. The summed E-state index contributed by atoms with van der Waals surface area (Å²) in [5.41, 5.74) is 1.51. The van der Waals surface area contributed by atoms with Crippen molar-refractivity contribution in [1.29, 1.82) is 0 Å². The number of nitro groups is 1. The third-order valence-electron chi connectivity index (χ3n) is 3.09. The Morgan fingerprint density at radius 3 is 2.40 bits per heavy atom. The number of rotatable bonds is 3. The van der Waals surface area contributed by atoms with Gasteiger partial charge in [0.15, 0.2) is 5.78 Å². The summed E-state index contributed by atoms with van der Waals surface area (Å²) in [6, 6.07) is 4.75. The number of ketones is 1. The molecule has 7 nitrogen and oxygen atoms in total. The summed E-state index contributed by atoms with van der Waals surface area (Å²) in [6.45, 7) is 3.06. The molecular formula is C13H13N3O4. The number of non-ortho nitro benzene ring substituents is 1. The number of allylic oxidation sites excluding steroid dienone is 1. The van der Waals surface area contributed by atoms with Gasteiger partial charge in [-0.1, -0.05) is 0 Å². The van der Waals surface area contributed by atoms with Crippen LogP contribution in [0.15, 0.2) is 35.5 Å². The van der Waals surface area contributed by atoms with Crippen LogP contribution in [0.3, 0.4) is 0 Å². The van der Waals surface area contributed by atoms with Crippen LogP contribution in [0.4, 0.5) is 10.5 Å². The molecule has 1 aliphatic heterocycles. The van der Waals surface area contributed by atoms with Crippen molar-refractivity contribution in [3.05, 3.63) is 51.2 Å². The van der Waals surface area contributed by atoms with Crippen LogP contribution in [0.5, 0.6) is 0 Å². The molecule has 7 heteroatoms. The normalized spacial score (nSPS) is 18.3. The predicted molar refractivity (Wildman–Crippen MR) is 70.9 cm³/mol. The van der Waals surface area contributed by atoms with Crippen LogP contribution < -0.4 is 10.6 Å². The van der Waals surface area contributed by atoms with E-state index in [0.717, 1.165) is 0 Å². The average molecular weight is 275 g/mol. The second kappa shape index (κ2) is 5.12. The Kier molecular flexibility index (Phi) is 3.51. The minimum atomic E-state index is -0.595. The zero-order valence-corrected chi connectivity index (χ0v) is 11.0. The van der Waals surface area contributed by atoms with E-state index in [9.17, 15) is 19.7 Å². The highest BCUT2D eigenvalue weighted by atomic mass is 16.6. The van der Waals surface area contributed by atoms with Crippen molar-refractivity contribution in [2.75, 3.05) is 0 Å². The standard InChI is InChI=1S/C13H13N3O4/c1-7-11(8(2)17)12(15-13(18)14-7)9-3-5-10(6-4-9)16(19)20/h3-6,12H,1-2H3,(H2,14,15,18). The number of amides is 2. The fraction of sp³-hybridized carbons (Fsp3) is 0.231. The van der Waals surface area contributed by atoms with Crippen molar-refractivity contribution >= 4 is 17.5 Å². The maximum Gasteiger partial charge on any atom is 0.319 e. The van der Waals surface area contributed by atoms with Crippen LogP contribution in [0.25, 0.3) is 0 Å². The van der Waals surface area contributed by atoms with Gasteiger partial charge in [0.25, 0.3) is 5.69 Å². The Labute approximate surface area is 114 Å². The fourth-order valence-corrected chi connectivity index (χ4v) is 2.20. The molecule has 1 aromatic rings. The first-order valence-corrected chi connectivity index (χ1v) is 5.93. The summed E-state index contributed by atoms with van der Waals surface area (Å²) < 4.78 is 0. The molecule has 1 unspecified atom stereocenters. The highest BCUT2D eigenvalue weighted by Gasteiger charge is 2.29. The number of benzene rings is 1. The number of carbonyl (C=O) groups is 2. The minimum Gasteiger partial charge on any atom is -0.327 e. The lowest BCUT2D eigenvalue weighted by Gasteiger charge is -2.27. The minimum absolute atomic E-state index is 0.0425. The molecule has 0 saturated carbocycles. The monoisotopic (exact) mass is 275 g/mol. The fourth-order valence-electron chi connectivity index (χ4n) is 2.20. The maximum absolute atomic E-state index is 11.7. The van der Waals surface area contributed by atoms with Crippen molar-refractivity contribution in [1.82, 2.24) is 10.6 Å². The van der Waals surface area contributed by atoms with Crippen LogP contribution in [-0.2, 0) is 4.79 Å². The molecule has 0 radical (unpaired) electrons. The van der Waals surface area contributed by atoms with Crippen molar-refractivity contribution in [2.24, 2.45) is 0 Å². The lowest BCUT2D eigenvalue weighted by Crippen LogP contribution is -2.44. The third-order valence-corrected chi connectivity index (χ3v) is 3.09. The van der Waals surface area contributed by atoms with E-state index < -0.39 is 17.0 Å². The lowest BCUT2D eigenvalue weighted by atomic mass is 9.93. The van der Waals surface area contributed by atoms with Crippen LogP contribution in [0.2, 0.25) is 0 Å². The molecule has 2 N–H and O–H groups in total. The van der Waals surface area contributed by atoms with Crippen molar-refractivity contribution in [2.45, 2.75) is 19.9 Å². The third kappa shape index (κ3) is 2.51. The van der Waals surface area contributed by atoms with E-state index in [2.05, 4.69) is 10.6 Å². The number of nitro benzene ring substituents is 1. The SMILES string of the molecule is CC(=O)C1=C(C)NC(=O)NC1c1ccc([N+](=O)[O-])cc1. The van der Waals surface area contributed by atoms with Gasteiger partial charge in [0.1, 0.15) is 0 Å². The first-order chi connectivity index (χ1) is 9.40. The van der Waals surface area contributed by atoms with Gasteiger partial charge in [-0.15, -0.1) is 0 Å². The Bertz CT molecular complexity index is 619. The van der Waals surface area contributed by atoms with Crippen molar-refractivity contribution in [3.8, 4) is 0 Å². The number of Topliss-reactive ketones (excluding diaryl/α,β-unsaturated/α-hetero) is 1. The smallest absolute Gasteiger partial charge is 0.319 e. The van der Waals surface area contributed by atoms with Gasteiger partial charge >= 0.3 is 6.03 Å². The van der Waals surface area contributed by atoms with Gasteiger partial charge in [-0.25, -0.2) is 4.79 Å². The molecule has 0 aromatic heterocycles. The van der Waals surface area contributed by atoms with E-state index >= 15 is 0 Å². The van der Waals surface area contributed by atoms with Crippen LogP contribution in [-0.4, -0.2) is 16.7 Å². The molecule has 1 atom stereocenters. The van der Waals surface area contributed by atoms with E-state index in [1.165, 1.54) is 31.2 Å². The second-order valence-electron chi connectivity index (χ2n) is 4.47. The molecule has 0 saturated heterocycles. The van der Waals surface area contributed by atoms with E-state index in [1.807, 2.05) is 0 Å². The van der Waals surface area contributed by atoms with Crippen molar-refractivity contribution in [3.63, 3.8) is 0 Å². The first kappa shape index (κ1) is 13.7. The highest BCUT2D eigenvalue weighted by molar-refractivity contribution is 5.98. The molecular weight excluding hydrogens is 262 g/mol. The molecule has 2 rings (SSSR count). The van der Waals surface area contributed by atoms with Crippen LogP contribution in [0.1, 0.15) is 25.5 Å². The van der Waals surface area contributed by atoms with Crippen LogP contribution in [0, 0.1) is 10.1 Å². The van der Waals surface area contributed by atoms with E-state index in [4.69, 9.17) is 0 Å². The highest BCUT2D eigenvalue weighted by Crippen LogP contribution is 2.28. The maximum atomic E-state index is 11.7. The molecule has 1 aromatic carbocycles. The van der Waals surface area contributed by atoms with Gasteiger partial charge in [-0.05, 0) is 31.5 Å². The Hall–Kier alpha value is -2.70. The zero-order chi connectivity index (χ0) is 14.9. The van der Waals surface area contributed by atoms with Gasteiger partial charge in [0.05, 0.1) is 11.0 Å². The van der Waals surface area contributed by atoms with Gasteiger partial charge in [0, 0.05) is 23.4 Å². The number of urea groups is 1. The number of nitrogens with one attached hydrogen (secondary N) is 2. The van der Waals surface area contributed by atoms with Gasteiger partial charge in [-0.3, -0.25) is 14.9 Å². The van der Waals surface area contributed by atoms with Crippen molar-refractivity contribution < 1.29 is 14.5 Å². The van der Waals surface area contributed by atoms with Crippen LogP contribution >= 0.6 is 0 Å². The number of hydrogen-bond donors (Lipinski definition) is 2. The second-order valence-corrected chi connectivity index (χ2v) is 4.47. The topological polar surface area (TPSA) is 101 Å². The lowest BCUT2D eigenvalue weighted by molar-refractivity contribution is -0.384. The molecule has 20 heavy (non-hydrogen) atoms. The largest absolute Gasteiger partial charge is 0.327 e. The van der Waals surface area contributed by atoms with E-state index in [1.54, 1.807) is 6.92 Å². The van der Waals surface area contributed by atoms with E-state index in [-0.39, 0.29) is 11.5 Å². The summed E-state index contributed by atoms with van der Waals surface area (Å²) in [4.78, 5) is 33.4. The molecule has 0 aliphatic carbocycles. The number of carbonyl (C=O) groups excluding carboxylic acids is 2. The molecule has 0 fully saturated rings. The summed E-state index contributed by atoms with van der Waals surface area (Å²) in [5.74, 6) is -0.168. The molecule has 104 valence electrons. The summed E-state index contributed by atoms with van der Waals surface area (Å²) in [7, 11) is 0. The molecule has 0 spiro atoms. The molecule has 0 bridgehead atoms. The summed E-state index contributed by atoms with van der Waals surface area (Å²) >= 11 is 0. The first-order valence-electron chi connectivity index (χ1n) is 5.93. The van der Waals surface area contributed by atoms with Gasteiger partial charge < -0.3 is 10.6 Å². The Morgan fingerprint density at radius 1 is 1.30 bits per heavy atom. The van der Waals surface area contributed by atoms with Gasteiger partial charge in [-0.2, -0.15) is 0 Å².